The van der Waals surface area contributed by atoms with Gasteiger partial charge in [-0.25, -0.2) is 4.98 Å². The van der Waals surface area contributed by atoms with Gasteiger partial charge in [-0.05, 0) is 12.1 Å². The highest BCUT2D eigenvalue weighted by atomic mass is 16.5. The minimum Gasteiger partial charge on any atom is -0.468 e. The van der Waals surface area contributed by atoms with Gasteiger partial charge in [0.1, 0.15) is 6.54 Å². The molecule has 1 aromatic heterocycles. The number of H-pyrrole nitrogens is 1. The molecule has 6 heteroatoms. The van der Waals surface area contributed by atoms with E-state index in [2.05, 4.69) is 20.0 Å². The SMILES string of the molecule is COC(=O)CNC(=O)c1nc2ccccc2[nH]1. The summed E-state index contributed by atoms with van der Waals surface area (Å²) in [6.07, 6.45) is 0. The summed E-state index contributed by atoms with van der Waals surface area (Å²) < 4.78 is 4.41. The second kappa shape index (κ2) is 4.65. The second-order valence-electron chi connectivity index (χ2n) is 3.36. The molecule has 1 heterocycles. The predicted octanol–water partition coefficient (Wildman–Crippen LogP) is 0.466. The van der Waals surface area contributed by atoms with Gasteiger partial charge in [-0.1, -0.05) is 12.1 Å². The van der Waals surface area contributed by atoms with Crippen molar-refractivity contribution in [3.8, 4) is 0 Å². The Morgan fingerprint density at radius 1 is 1.41 bits per heavy atom. The van der Waals surface area contributed by atoms with Gasteiger partial charge in [0.15, 0.2) is 5.82 Å². The standard InChI is InChI=1S/C11H11N3O3/c1-17-9(15)6-12-11(16)10-13-7-4-2-3-5-8(7)14-10/h2-5H,6H2,1H3,(H,12,16)(H,13,14). The lowest BCUT2D eigenvalue weighted by Gasteiger charge is -2.00. The molecule has 0 radical (unpaired) electrons. The number of hydrogen-bond acceptors (Lipinski definition) is 4. The summed E-state index contributed by atoms with van der Waals surface area (Å²) in [4.78, 5) is 29.4. The number of fused-ring (bicyclic) bond motifs is 1. The van der Waals surface area contributed by atoms with Crippen molar-refractivity contribution < 1.29 is 14.3 Å². The van der Waals surface area contributed by atoms with Gasteiger partial charge in [0.05, 0.1) is 18.1 Å². The van der Waals surface area contributed by atoms with Gasteiger partial charge in [0.2, 0.25) is 0 Å². The summed E-state index contributed by atoms with van der Waals surface area (Å²) >= 11 is 0. The van der Waals surface area contributed by atoms with E-state index in [0.29, 0.717) is 5.52 Å². The highest BCUT2D eigenvalue weighted by Crippen LogP contribution is 2.09. The van der Waals surface area contributed by atoms with Gasteiger partial charge in [-0.3, -0.25) is 9.59 Å². The number of carbonyl (C=O) groups excluding carboxylic acids is 2. The first-order chi connectivity index (χ1) is 8.20. The number of rotatable bonds is 3. The molecule has 0 spiro atoms. The third kappa shape index (κ3) is 2.41. The van der Waals surface area contributed by atoms with Gasteiger partial charge < -0.3 is 15.0 Å². The zero-order valence-corrected chi connectivity index (χ0v) is 9.19. The van der Waals surface area contributed by atoms with Crippen LogP contribution >= 0.6 is 0 Å². The highest BCUT2D eigenvalue weighted by molar-refractivity contribution is 5.95. The number of nitrogens with one attached hydrogen (secondary N) is 2. The van der Waals surface area contributed by atoms with Crippen molar-refractivity contribution in [3.05, 3.63) is 30.1 Å². The average molecular weight is 233 g/mol. The van der Waals surface area contributed by atoms with Gasteiger partial charge in [0.25, 0.3) is 5.91 Å². The lowest BCUT2D eigenvalue weighted by atomic mass is 10.3. The normalized spacial score (nSPS) is 10.2. The highest BCUT2D eigenvalue weighted by Gasteiger charge is 2.12. The van der Waals surface area contributed by atoms with E-state index in [1.807, 2.05) is 18.2 Å². The number of aromatic nitrogens is 2. The maximum Gasteiger partial charge on any atom is 0.325 e. The van der Waals surface area contributed by atoms with E-state index in [4.69, 9.17) is 0 Å². The second-order valence-corrected chi connectivity index (χ2v) is 3.36. The number of amides is 1. The van der Waals surface area contributed by atoms with Crippen LogP contribution in [0.4, 0.5) is 0 Å². The summed E-state index contributed by atoms with van der Waals surface area (Å²) in [5.41, 5.74) is 1.48. The molecule has 1 amide bonds. The zero-order chi connectivity index (χ0) is 12.3. The number of benzene rings is 1. The summed E-state index contributed by atoms with van der Waals surface area (Å²) in [6.45, 7) is -0.174. The van der Waals surface area contributed by atoms with Crippen LogP contribution in [0.5, 0.6) is 0 Å². The number of methoxy groups -OCH3 is 1. The lowest BCUT2D eigenvalue weighted by Crippen LogP contribution is -2.30. The Bertz CT molecular complexity index is 529. The molecule has 0 saturated carbocycles. The predicted molar refractivity (Wildman–Crippen MR) is 60.4 cm³/mol. The lowest BCUT2D eigenvalue weighted by molar-refractivity contribution is -0.139. The first-order valence-corrected chi connectivity index (χ1v) is 5.00. The van der Waals surface area contributed by atoms with E-state index in [9.17, 15) is 9.59 Å². The Morgan fingerprint density at radius 2 is 2.18 bits per heavy atom. The summed E-state index contributed by atoms with van der Waals surface area (Å²) in [6, 6.07) is 7.29. The van der Waals surface area contributed by atoms with Crippen LogP contribution in [0.1, 0.15) is 10.6 Å². The molecular weight excluding hydrogens is 222 g/mol. The van der Waals surface area contributed by atoms with Crippen LogP contribution in [0.2, 0.25) is 0 Å². The van der Waals surface area contributed by atoms with Gasteiger partial charge in [-0.2, -0.15) is 0 Å². The number of esters is 1. The first-order valence-electron chi connectivity index (χ1n) is 5.00. The third-order valence-electron chi connectivity index (χ3n) is 2.23. The van der Waals surface area contributed by atoms with Crippen molar-refractivity contribution in [3.63, 3.8) is 0 Å². The van der Waals surface area contributed by atoms with Crippen molar-refractivity contribution in [2.75, 3.05) is 13.7 Å². The minimum atomic E-state index is -0.505. The van der Waals surface area contributed by atoms with Crippen LogP contribution in [0.15, 0.2) is 24.3 Å². The van der Waals surface area contributed by atoms with E-state index in [-0.39, 0.29) is 12.4 Å². The molecule has 0 fully saturated rings. The van der Waals surface area contributed by atoms with Crippen LogP contribution in [0.25, 0.3) is 11.0 Å². The summed E-state index contributed by atoms with van der Waals surface area (Å²) in [5, 5.41) is 2.40. The van der Waals surface area contributed by atoms with Crippen molar-refractivity contribution in [2.24, 2.45) is 0 Å². The number of aromatic amines is 1. The maximum atomic E-state index is 11.6. The van der Waals surface area contributed by atoms with Crippen molar-refractivity contribution in [1.82, 2.24) is 15.3 Å². The number of imidazole rings is 1. The molecule has 2 aromatic rings. The quantitative estimate of drug-likeness (QED) is 0.754. The van der Waals surface area contributed by atoms with Crippen LogP contribution in [-0.2, 0) is 9.53 Å². The van der Waals surface area contributed by atoms with Crippen LogP contribution in [0, 0.1) is 0 Å². The van der Waals surface area contributed by atoms with Crippen LogP contribution in [-0.4, -0.2) is 35.5 Å². The molecule has 1 aromatic carbocycles. The summed E-state index contributed by atoms with van der Waals surface area (Å²) in [7, 11) is 1.26. The van der Waals surface area contributed by atoms with Crippen molar-refractivity contribution in [2.45, 2.75) is 0 Å². The molecule has 0 aliphatic rings. The van der Waals surface area contributed by atoms with E-state index in [0.717, 1.165) is 5.52 Å². The number of carbonyl (C=O) groups is 2. The fraction of sp³-hybridized carbons (Fsp3) is 0.182. The topological polar surface area (TPSA) is 84.1 Å². The molecule has 0 saturated heterocycles. The zero-order valence-electron chi connectivity index (χ0n) is 9.19. The molecule has 2 rings (SSSR count). The number of ether oxygens (including phenoxy) is 1. The molecule has 88 valence electrons. The van der Waals surface area contributed by atoms with Gasteiger partial charge >= 0.3 is 5.97 Å². The maximum absolute atomic E-state index is 11.6. The average Bonchev–Trinajstić information content (AvgIpc) is 2.79. The Kier molecular flexibility index (Phi) is 3.04. The Morgan fingerprint density at radius 3 is 2.88 bits per heavy atom. The molecule has 0 aliphatic heterocycles. The Hall–Kier alpha value is -2.37. The minimum absolute atomic E-state index is 0.174. The first kappa shape index (κ1) is 11.1. The Labute approximate surface area is 97.0 Å². The monoisotopic (exact) mass is 233 g/mol. The number of hydrogen-bond donors (Lipinski definition) is 2. The molecule has 0 aliphatic carbocycles. The van der Waals surface area contributed by atoms with Gasteiger partial charge in [0, 0.05) is 0 Å². The molecule has 2 N–H and O–H groups in total. The van der Waals surface area contributed by atoms with Gasteiger partial charge in [-0.15, -0.1) is 0 Å². The van der Waals surface area contributed by atoms with E-state index < -0.39 is 11.9 Å². The smallest absolute Gasteiger partial charge is 0.325 e. The van der Waals surface area contributed by atoms with Crippen LogP contribution in [0.3, 0.4) is 0 Å². The molecular formula is C11H11N3O3. The van der Waals surface area contributed by atoms with E-state index in [1.54, 1.807) is 6.07 Å². The Balaban J connectivity index is 2.11. The third-order valence-corrected chi connectivity index (χ3v) is 2.23. The molecule has 6 nitrogen and oxygen atoms in total. The molecule has 0 atom stereocenters. The number of nitrogens with zero attached hydrogens (tertiary/aromatic N) is 1. The van der Waals surface area contributed by atoms with Crippen molar-refractivity contribution in [1.29, 1.82) is 0 Å². The van der Waals surface area contributed by atoms with Crippen LogP contribution < -0.4 is 5.32 Å². The summed E-state index contributed by atoms with van der Waals surface area (Å²) in [5.74, 6) is -0.767. The number of para-hydroxylation sites is 2. The van der Waals surface area contributed by atoms with E-state index in [1.165, 1.54) is 7.11 Å². The fourth-order valence-corrected chi connectivity index (χ4v) is 1.37. The largest absolute Gasteiger partial charge is 0.468 e. The molecule has 0 unspecified atom stereocenters. The molecule has 17 heavy (non-hydrogen) atoms. The molecule has 0 bridgehead atoms. The van der Waals surface area contributed by atoms with Crippen molar-refractivity contribution >= 4 is 22.9 Å². The fourth-order valence-electron chi connectivity index (χ4n) is 1.37. The van der Waals surface area contributed by atoms with E-state index >= 15 is 0 Å².